The van der Waals surface area contributed by atoms with E-state index in [1.807, 2.05) is 24.0 Å². The molecule has 0 spiro atoms. The van der Waals surface area contributed by atoms with E-state index in [-0.39, 0.29) is 5.91 Å². The van der Waals surface area contributed by atoms with Gasteiger partial charge in [-0.1, -0.05) is 11.8 Å². The zero-order chi connectivity index (χ0) is 12.3. The van der Waals surface area contributed by atoms with Gasteiger partial charge in [0, 0.05) is 12.6 Å². The molecule has 1 saturated carbocycles. The Kier molecular flexibility index (Phi) is 3.82. The van der Waals surface area contributed by atoms with Gasteiger partial charge in [-0.2, -0.15) is 0 Å². The summed E-state index contributed by atoms with van der Waals surface area (Å²) >= 11 is 1.45. The van der Waals surface area contributed by atoms with Crippen molar-refractivity contribution in [3.05, 3.63) is 21.9 Å². The van der Waals surface area contributed by atoms with Crippen molar-refractivity contribution in [1.82, 2.24) is 4.90 Å². The van der Waals surface area contributed by atoms with E-state index in [9.17, 15) is 4.79 Å². The number of nitrogens with zero attached hydrogens (tertiary/aromatic N) is 1. The van der Waals surface area contributed by atoms with Crippen LogP contribution in [0.3, 0.4) is 0 Å². The summed E-state index contributed by atoms with van der Waals surface area (Å²) in [5.74, 6) is 5.89. The predicted octanol–water partition coefficient (Wildman–Crippen LogP) is 1.68. The predicted molar refractivity (Wildman–Crippen MR) is 70.0 cm³/mol. The zero-order valence-electron chi connectivity index (χ0n) is 9.90. The van der Waals surface area contributed by atoms with E-state index < -0.39 is 0 Å². The van der Waals surface area contributed by atoms with E-state index in [4.69, 9.17) is 5.73 Å². The molecule has 0 unspecified atom stereocenters. The van der Waals surface area contributed by atoms with Gasteiger partial charge in [0.2, 0.25) is 0 Å². The molecule has 1 aromatic rings. The maximum Gasteiger partial charge on any atom is 0.264 e. The lowest BCUT2D eigenvalue weighted by Gasteiger charge is -2.19. The van der Waals surface area contributed by atoms with Crippen molar-refractivity contribution in [2.45, 2.75) is 25.8 Å². The monoisotopic (exact) mass is 248 g/mol. The van der Waals surface area contributed by atoms with Crippen LogP contribution in [-0.2, 0) is 0 Å². The van der Waals surface area contributed by atoms with E-state index in [2.05, 4.69) is 11.8 Å². The second-order valence-electron chi connectivity index (χ2n) is 3.99. The van der Waals surface area contributed by atoms with E-state index in [0.717, 1.165) is 29.1 Å². The lowest BCUT2D eigenvalue weighted by atomic mass is 10.3. The van der Waals surface area contributed by atoms with Gasteiger partial charge < -0.3 is 10.6 Å². The molecule has 90 valence electrons. The summed E-state index contributed by atoms with van der Waals surface area (Å²) in [6.45, 7) is 3.16. The number of hydrogen-bond acceptors (Lipinski definition) is 3. The van der Waals surface area contributed by atoms with Gasteiger partial charge in [0.15, 0.2) is 0 Å². The second-order valence-corrected chi connectivity index (χ2v) is 5.08. The molecule has 4 heteroatoms. The Balaban J connectivity index is 2.10. The van der Waals surface area contributed by atoms with Crippen LogP contribution in [0.1, 0.15) is 34.3 Å². The van der Waals surface area contributed by atoms with Gasteiger partial charge in [-0.3, -0.25) is 4.79 Å². The summed E-state index contributed by atoms with van der Waals surface area (Å²) in [5, 5.41) is 0. The molecule has 0 radical (unpaired) electrons. The summed E-state index contributed by atoms with van der Waals surface area (Å²) in [4.78, 5) is 15.8. The molecule has 0 aliphatic heterocycles. The average molecular weight is 248 g/mol. The molecule has 2 N–H and O–H groups in total. The van der Waals surface area contributed by atoms with E-state index in [0.29, 0.717) is 12.6 Å². The third-order valence-corrected chi connectivity index (χ3v) is 3.71. The van der Waals surface area contributed by atoms with Crippen molar-refractivity contribution in [1.29, 1.82) is 0 Å². The van der Waals surface area contributed by atoms with Gasteiger partial charge in [0.05, 0.1) is 16.3 Å². The summed E-state index contributed by atoms with van der Waals surface area (Å²) in [6.07, 6.45) is 2.29. The van der Waals surface area contributed by atoms with Crippen LogP contribution in [0.4, 0.5) is 0 Å². The zero-order valence-corrected chi connectivity index (χ0v) is 10.7. The molecule has 1 aliphatic carbocycles. The molecule has 0 aromatic carbocycles. The van der Waals surface area contributed by atoms with E-state index in [1.54, 1.807) is 0 Å². The molecule has 1 aromatic heterocycles. The molecule has 1 fully saturated rings. The van der Waals surface area contributed by atoms with E-state index in [1.165, 1.54) is 11.3 Å². The van der Waals surface area contributed by atoms with Gasteiger partial charge in [-0.05, 0) is 31.9 Å². The molecular weight excluding hydrogens is 232 g/mol. The van der Waals surface area contributed by atoms with Crippen LogP contribution in [-0.4, -0.2) is 29.9 Å². The fourth-order valence-electron chi connectivity index (χ4n) is 1.75. The van der Waals surface area contributed by atoms with Gasteiger partial charge in [-0.25, -0.2) is 0 Å². The minimum Gasteiger partial charge on any atom is -0.335 e. The van der Waals surface area contributed by atoms with Gasteiger partial charge in [0.25, 0.3) is 5.91 Å². The SMILES string of the molecule is CCN(C(=O)c1ccc(C#CCN)s1)C1CC1. The summed E-state index contributed by atoms with van der Waals surface area (Å²) in [6, 6.07) is 4.22. The Labute approximate surface area is 106 Å². The second kappa shape index (κ2) is 5.35. The number of carbonyl (C=O) groups excluding carboxylic acids is 1. The summed E-state index contributed by atoms with van der Waals surface area (Å²) in [7, 11) is 0. The van der Waals surface area contributed by atoms with Crippen molar-refractivity contribution >= 4 is 17.2 Å². The number of amides is 1. The molecular formula is C13H16N2OS. The van der Waals surface area contributed by atoms with Crippen LogP contribution < -0.4 is 5.73 Å². The summed E-state index contributed by atoms with van der Waals surface area (Å²) < 4.78 is 0. The van der Waals surface area contributed by atoms with Crippen LogP contribution in [0.5, 0.6) is 0 Å². The Morgan fingerprint density at radius 1 is 1.59 bits per heavy atom. The summed E-state index contributed by atoms with van der Waals surface area (Å²) in [5.41, 5.74) is 5.32. The Morgan fingerprint density at radius 3 is 2.94 bits per heavy atom. The first-order chi connectivity index (χ1) is 8.26. The molecule has 17 heavy (non-hydrogen) atoms. The van der Waals surface area contributed by atoms with Crippen molar-refractivity contribution in [3.63, 3.8) is 0 Å². The average Bonchev–Trinajstić information content (AvgIpc) is 3.05. The first-order valence-corrected chi connectivity index (χ1v) is 6.67. The van der Waals surface area contributed by atoms with Crippen molar-refractivity contribution in [2.24, 2.45) is 5.73 Å². The number of nitrogens with two attached hydrogens (primary N) is 1. The highest BCUT2D eigenvalue weighted by Crippen LogP contribution is 2.29. The number of rotatable bonds is 3. The molecule has 1 aliphatic rings. The van der Waals surface area contributed by atoms with Gasteiger partial charge in [-0.15, -0.1) is 11.3 Å². The third-order valence-electron chi connectivity index (χ3n) is 2.72. The molecule has 2 rings (SSSR count). The highest BCUT2D eigenvalue weighted by atomic mass is 32.1. The van der Waals surface area contributed by atoms with Crippen LogP contribution in [0, 0.1) is 11.8 Å². The maximum absolute atomic E-state index is 12.2. The molecule has 1 amide bonds. The Hall–Kier alpha value is -1.31. The Bertz CT molecular complexity index is 465. The highest BCUT2D eigenvalue weighted by molar-refractivity contribution is 7.14. The van der Waals surface area contributed by atoms with Crippen LogP contribution >= 0.6 is 11.3 Å². The van der Waals surface area contributed by atoms with Crippen molar-refractivity contribution in [2.75, 3.05) is 13.1 Å². The minimum absolute atomic E-state index is 0.140. The molecule has 0 saturated heterocycles. The Morgan fingerprint density at radius 2 is 2.35 bits per heavy atom. The fourth-order valence-corrected chi connectivity index (χ4v) is 2.59. The smallest absolute Gasteiger partial charge is 0.264 e. The van der Waals surface area contributed by atoms with Crippen molar-refractivity contribution in [3.8, 4) is 11.8 Å². The standard InChI is InChI=1S/C13H16N2OS/c1-2-15(10-5-6-10)13(16)12-8-7-11(17-12)4-3-9-14/h7-8,10H,2,5-6,9,14H2,1H3. The molecule has 1 heterocycles. The third kappa shape index (κ3) is 2.87. The number of hydrogen-bond donors (Lipinski definition) is 1. The van der Waals surface area contributed by atoms with Gasteiger partial charge >= 0.3 is 0 Å². The molecule has 0 atom stereocenters. The fraction of sp³-hybridized carbons (Fsp3) is 0.462. The molecule has 0 bridgehead atoms. The quantitative estimate of drug-likeness (QED) is 0.827. The van der Waals surface area contributed by atoms with Crippen LogP contribution in [0.2, 0.25) is 0 Å². The van der Waals surface area contributed by atoms with E-state index >= 15 is 0 Å². The number of carbonyl (C=O) groups is 1. The lowest BCUT2D eigenvalue weighted by Crippen LogP contribution is -2.32. The molecule has 3 nitrogen and oxygen atoms in total. The largest absolute Gasteiger partial charge is 0.335 e. The highest BCUT2D eigenvalue weighted by Gasteiger charge is 2.32. The topological polar surface area (TPSA) is 46.3 Å². The normalized spacial score (nSPS) is 14.0. The first-order valence-electron chi connectivity index (χ1n) is 5.86. The van der Waals surface area contributed by atoms with Crippen LogP contribution in [0.25, 0.3) is 0 Å². The minimum atomic E-state index is 0.140. The van der Waals surface area contributed by atoms with Crippen molar-refractivity contribution < 1.29 is 4.79 Å². The first kappa shape index (κ1) is 12.2. The number of thiophene rings is 1. The lowest BCUT2D eigenvalue weighted by molar-refractivity contribution is 0.0757. The van der Waals surface area contributed by atoms with Crippen LogP contribution in [0.15, 0.2) is 12.1 Å². The maximum atomic E-state index is 12.2. The van der Waals surface area contributed by atoms with Gasteiger partial charge in [0.1, 0.15) is 0 Å².